The maximum atomic E-state index is 11.7. The molecule has 0 fully saturated rings. The van der Waals surface area contributed by atoms with Gasteiger partial charge in [0.05, 0.1) is 11.0 Å². The van der Waals surface area contributed by atoms with Crippen molar-refractivity contribution in [1.29, 1.82) is 0 Å². The first kappa shape index (κ1) is 38.7. The van der Waals surface area contributed by atoms with Crippen LogP contribution >= 0.6 is 45.8 Å². The van der Waals surface area contributed by atoms with Crippen LogP contribution in [0.4, 0.5) is 17.6 Å². The number of rotatable bonds is 9. The first-order valence-electron chi connectivity index (χ1n) is 10.6. The van der Waals surface area contributed by atoms with Gasteiger partial charge in [0.1, 0.15) is 10.3 Å². The van der Waals surface area contributed by atoms with Crippen LogP contribution in [0.1, 0.15) is 39.3 Å². The molecule has 35 heavy (non-hydrogen) atoms. The summed E-state index contributed by atoms with van der Waals surface area (Å²) in [6, 6.07) is 6.95. The Balaban J connectivity index is -0.000000411. The number of nitrogens with zero attached hydrogens (tertiary/aromatic N) is 3. The molecular weight excluding hydrogens is 620 g/mol. The predicted octanol–water partition coefficient (Wildman–Crippen LogP) is 6.95. The Labute approximate surface area is 231 Å². The summed E-state index contributed by atoms with van der Waals surface area (Å²) in [5.41, 5.74) is 7.15. The number of nitrogens with two attached hydrogens (primary N) is 1. The second-order valence-corrected chi connectivity index (χ2v) is 8.02. The summed E-state index contributed by atoms with van der Waals surface area (Å²) < 4.78 is 44.9. The van der Waals surface area contributed by atoms with Gasteiger partial charge in [-0.15, -0.1) is 0 Å². The summed E-state index contributed by atoms with van der Waals surface area (Å²) in [4.78, 5) is 10.0. The molecule has 5 nitrogen and oxygen atoms in total. The van der Waals surface area contributed by atoms with Gasteiger partial charge in [-0.3, -0.25) is 0 Å². The number of halogens is 7. The minimum absolute atomic E-state index is 0. The molecule has 0 aliphatic heterocycles. The third-order valence-corrected chi connectivity index (χ3v) is 5.01. The Morgan fingerprint density at radius 1 is 0.886 bits per heavy atom. The Bertz CT molecular complexity index is 690. The van der Waals surface area contributed by atoms with Crippen LogP contribution in [0.15, 0.2) is 36.7 Å². The van der Waals surface area contributed by atoms with Gasteiger partial charge in [0, 0.05) is 25.5 Å². The number of hydrogen-bond acceptors (Lipinski definition) is 5. The lowest BCUT2D eigenvalue weighted by molar-refractivity contribution is 0.145. The molecule has 2 aromatic rings. The van der Waals surface area contributed by atoms with Crippen molar-refractivity contribution in [2.45, 2.75) is 54.1 Å². The van der Waals surface area contributed by atoms with Gasteiger partial charge in [-0.2, -0.15) is 0 Å². The van der Waals surface area contributed by atoms with E-state index in [4.69, 9.17) is 28.9 Å². The molecule has 2 rings (SSSR count). The lowest BCUT2D eigenvalue weighted by Gasteiger charge is -2.13. The maximum Gasteiger partial charge on any atom is 0.250 e. The monoisotopic (exact) mass is 657 g/mol. The molecule has 0 unspecified atom stereocenters. The van der Waals surface area contributed by atoms with Crippen LogP contribution in [0.2, 0.25) is 10.3 Å². The van der Waals surface area contributed by atoms with Crippen molar-refractivity contribution in [1.82, 2.24) is 20.2 Å². The summed E-state index contributed by atoms with van der Waals surface area (Å²) in [5, 5.41) is 3.49. The molecule has 204 valence electrons. The summed E-state index contributed by atoms with van der Waals surface area (Å²) >= 11 is 12.7. The van der Waals surface area contributed by atoms with Crippen molar-refractivity contribution < 1.29 is 17.6 Å². The summed E-state index contributed by atoms with van der Waals surface area (Å²) in [6.07, 6.45) is -1.22. The third kappa shape index (κ3) is 26.1. The van der Waals surface area contributed by atoms with Crippen LogP contribution < -0.4 is 11.1 Å². The molecule has 3 N–H and O–H groups in total. The molecule has 0 spiro atoms. The third-order valence-electron chi connectivity index (χ3n) is 3.90. The Kier molecular flexibility index (Phi) is 29.1. The van der Waals surface area contributed by atoms with Crippen LogP contribution in [-0.4, -0.2) is 58.3 Å². The van der Waals surface area contributed by atoms with Gasteiger partial charge in [-0.1, -0.05) is 86.1 Å². The maximum absolute atomic E-state index is 11.7. The van der Waals surface area contributed by atoms with E-state index in [1.807, 2.05) is 6.07 Å². The molecule has 0 amide bonds. The van der Waals surface area contributed by atoms with E-state index in [-0.39, 0.29) is 18.4 Å². The first-order valence-corrected chi connectivity index (χ1v) is 12.9. The molecule has 0 saturated carbocycles. The van der Waals surface area contributed by atoms with Crippen LogP contribution in [0.5, 0.6) is 0 Å². The fourth-order valence-corrected chi connectivity index (χ4v) is 2.26. The van der Waals surface area contributed by atoms with Gasteiger partial charge in [0.2, 0.25) is 6.43 Å². The summed E-state index contributed by atoms with van der Waals surface area (Å²) in [5.74, 6) is 0. The molecule has 0 aromatic carbocycles. The second kappa shape index (κ2) is 26.3. The van der Waals surface area contributed by atoms with Crippen molar-refractivity contribution in [3.8, 4) is 0 Å². The van der Waals surface area contributed by atoms with Crippen LogP contribution in [-0.2, 0) is 13.1 Å². The SMILES string of the molecule is C.CCN(CC)CC.FC(F)CI.FC(F)CNCc1ccc(Cl)nc1.NCc1ccc(Cl)nc1. The van der Waals surface area contributed by atoms with Gasteiger partial charge in [-0.05, 0) is 42.9 Å². The van der Waals surface area contributed by atoms with E-state index < -0.39 is 12.9 Å². The number of pyridine rings is 2. The Morgan fingerprint density at radius 3 is 1.57 bits per heavy atom. The highest BCUT2D eigenvalue weighted by Crippen LogP contribution is 2.05. The zero-order valence-corrected chi connectivity index (χ0v) is 23.3. The highest BCUT2D eigenvalue weighted by atomic mass is 127. The molecule has 12 heteroatoms. The van der Waals surface area contributed by atoms with Crippen molar-refractivity contribution >= 4 is 45.8 Å². The Hall–Kier alpha value is -0.790. The molecule has 0 bridgehead atoms. The molecule has 0 radical (unpaired) electrons. The quantitative estimate of drug-likeness (QED) is 0.132. The normalized spacial score (nSPS) is 9.89. The van der Waals surface area contributed by atoms with Crippen LogP contribution in [0.3, 0.4) is 0 Å². The van der Waals surface area contributed by atoms with E-state index in [2.05, 4.69) is 41.0 Å². The molecule has 2 aromatic heterocycles. The van der Waals surface area contributed by atoms with E-state index in [1.165, 1.54) is 19.6 Å². The highest BCUT2D eigenvalue weighted by molar-refractivity contribution is 14.1. The number of alkyl halides is 5. The van der Waals surface area contributed by atoms with Gasteiger partial charge < -0.3 is 16.0 Å². The van der Waals surface area contributed by atoms with Crippen LogP contribution in [0.25, 0.3) is 0 Å². The fourth-order valence-electron chi connectivity index (χ4n) is 2.03. The minimum atomic E-state index is -2.32. The van der Waals surface area contributed by atoms with Gasteiger partial charge in [0.15, 0.2) is 0 Å². The zero-order valence-electron chi connectivity index (χ0n) is 19.6. The standard InChI is InChI=1S/C8H9ClF2N2.C6H7ClN2.C6H15N.C2H3F2I.CH4/c9-7-2-1-6(4-13-7)3-12-5-8(10)11;7-6-2-1-5(3-8)4-9-6;1-4-7(5-2)6-3;3-2(4)1-5;/h1-2,4,8,12H,3,5H2;1-2,4H,3,8H2;4-6H2,1-3H3;2H,1H2;1H4. The first-order chi connectivity index (χ1) is 16.1. The number of hydrogen-bond donors (Lipinski definition) is 2. The topological polar surface area (TPSA) is 67.1 Å². The average molecular weight is 658 g/mol. The smallest absolute Gasteiger partial charge is 0.250 e. The molecule has 0 saturated heterocycles. The van der Waals surface area contributed by atoms with E-state index in [0.29, 0.717) is 23.4 Å². The molecule has 0 aliphatic rings. The lowest BCUT2D eigenvalue weighted by Crippen LogP contribution is -2.21. The van der Waals surface area contributed by atoms with E-state index in [9.17, 15) is 17.6 Å². The number of nitrogens with one attached hydrogen (secondary N) is 1. The largest absolute Gasteiger partial charge is 0.326 e. The van der Waals surface area contributed by atoms with Gasteiger partial charge in [-0.25, -0.2) is 27.5 Å². The molecule has 0 atom stereocenters. The molecule has 0 aliphatic carbocycles. The number of aromatic nitrogens is 2. The highest BCUT2D eigenvalue weighted by Gasteiger charge is 2.00. The van der Waals surface area contributed by atoms with E-state index >= 15 is 0 Å². The summed E-state index contributed by atoms with van der Waals surface area (Å²) in [6.45, 7) is 10.7. The van der Waals surface area contributed by atoms with Crippen molar-refractivity contribution in [3.63, 3.8) is 0 Å². The fraction of sp³-hybridized carbons (Fsp3) is 0.565. The van der Waals surface area contributed by atoms with Crippen molar-refractivity contribution in [2.75, 3.05) is 30.6 Å². The summed E-state index contributed by atoms with van der Waals surface area (Å²) in [7, 11) is 0. The second-order valence-electron chi connectivity index (χ2n) is 6.37. The predicted molar refractivity (Wildman–Crippen MR) is 149 cm³/mol. The van der Waals surface area contributed by atoms with Crippen molar-refractivity contribution in [3.05, 3.63) is 58.1 Å². The zero-order chi connectivity index (χ0) is 26.4. The minimum Gasteiger partial charge on any atom is -0.326 e. The Morgan fingerprint density at radius 2 is 1.31 bits per heavy atom. The molecule has 2 heterocycles. The van der Waals surface area contributed by atoms with E-state index in [0.717, 1.165) is 11.1 Å². The lowest BCUT2D eigenvalue weighted by atomic mass is 10.3. The van der Waals surface area contributed by atoms with Crippen LogP contribution in [0, 0.1) is 0 Å². The average Bonchev–Trinajstić information content (AvgIpc) is 2.83. The van der Waals surface area contributed by atoms with Gasteiger partial charge >= 0.3 is 0 Å². The van der Waals surface area contributed by atoms with Gasteiger partial charge in [0.25, 0.3) is 6.43 Å². The van der Waals surface area contributed by atoms with Crippen molar-refractivity contribution in [2.24, 2.45) is 5.73 Å². The van der Waals surface area contributed by atoms with E-state index in [1.54, 1.807) is 53.2 Å². The molecular formula is C23H38Cl2F4IN5.